The van der Waals surface area contributed by atoms with Crippen LogP contribution in [0, 0.1) is 5.92 Å². The molecule has 0 saturated carbocycles. The lowest BCUT2D eigenvalue weighted by atomic mass is 10.0. The van der Waals surface area contributed by atoms with E-state index in [-0.39, 0.29) is 17.9 Å². The maximum absolute atomic E-state index is 12.0. The van der Waals surface area contributed by atoms with Crippen molar-refractivity contribution in [3.63, 3.8) is 0 Å². The van der Waals surface area contributed by atoms with Gasteiger partial charge >= 0.3 is 0 Å². The maximum atomic E-state index is 12.0. The van der Waals surface area contributed by atoms with Gasteiger partial charge in [-0.2, -0.15) is 0 Å². The quantitative estimate of drug-likeness (QED) is 0.875. The molecule has 2 aliphatic heterocycles. The van der Waals surface area contributed by atoms with Crippen molar-refractivity contribution in [2.24, 2.45) is 5.92 Å². The van der Waals surface area contributed by atoms with Gasteiger partial charge in [-0.1, -0.05) is 0 Å². The Morgan fingerprint density at radius 3 is 2.80 bits per heavy atom. The molecule has 108 valence electrons. The van der Waals surface area contributed by atoms with E-state index in [1.165, 1.54) is 0 Å². The molecule has 2 aliphatic rings. The van der Waals surface area contributed by atoms with E-state index in [1.807, 2.05) is 0 Å². The summed E-state index contributed by atoms with van der Waals surface area (Å²) >= 11 is 0. The molecule has 2 saturated heterocycles. The molecule has 3 rings (SSSR count). The summed E-state index contributed by atoms with van der Waals surface area (Å²) in [6.07, 6.45) is 7.94. The Morgan fingerprint density at radius 2 is 2.15 bits per heavy atom. The van der Waals surface area contributed by atoms with Crippen LogP contribution in [0.5, 0.6) is 0 Å². The summed E-state index contributed by atoms with van der Waals surface area (Å²) in [5, 5.41) is 3.15. The molecule has 0 spiro atoms. The Hall–Kier alpha value is -1.69. The van der Waals surface area contributed by atoms with Crippen molar-refractivity contribution in [2.45, 2.75) is 25.3 Å². The Balaban J connectivity index is 1.47. The van der Waals surface area contributed by atoms with Gasteiger partial charge in [0, 0.05) is 38.1 Å². The van der Waals surface area contributed by atoms with Gasteiger partial charge in [0.05, 0.1) is 18.7 Å². The van der Waals surface area contributed by atoms with E-state index in [2.05, 4.69) is 20.2 Å². The Kier molecular flexibility index (Phi) is 4.11. The maximum Gasteiger partial charge on any atom is 0.225 e. The second kappa shape index (κ2) is 6.17. The van der Waals surface area contributed by atoms with Gasteiger partial charge in [0.1, 0.15) is 5.82 Å². The third-order valence-electron chi connectivity index (χ3n) is 4.02. The molecule has 1 N–H and O–H groups in total. The monoisotopic (exact) mass is 276 g/mol. The van der Waals surface area contributed by atoms with Crippen LogP contribution in [0.2, 0.25) is 0 Å². The van der Waals surface area contributed by atoms with E-state index in [4.69, 9.17) is 4.74 Å². The normalized spacial score (nSPS) is 23.8. The molecule has 0 aliphatic carbocycles. The lowest BCUT2D eigenvalue weighted by molar-refractivity contribution is -0.125. The summed E-state index contributed by atoms with van der Waals surface area (Å²) in [6.45, 7) is 3.10. The Labute approximate surface area is 118 Å². The summed E-state index contributed by atoms with van der Waals surface area (Å²) < 4.78 is 5.26. The van der Waals surface area contributed by atoms with E-state index in [9.17, 15) is 4.79 Å². The molecule has 6 heteroatoms. The van der Waals surface area contributed by atoms with Crippen molar-refractivity contribution >= 4 is 11.7 Å². The van der Waals surface area contributed by atoms with Gasteiger partial charge in [-0.3, -0.25) is 9.78 Å². The Morgan fingerprint density at radius 1 is 1.30 bits per heavy atom. The zero-order valence-electron chi connectivity index (χ0n) is 11.5. The van der Waals surface area contributed by atoms with E-state index in [0.717, 1.165) is 38.2 Å². The Bertz CT molecular complexity index is 440. The predicted octanol–water partition coefficient (Wildman–Crippen LogP) is 0.598. The van der Waals surface area contributed by atoms with Crippen LogP contribution in [-0.2, 0) is 9.53 Å². The van der Waals surface area contributed by atoms with Crippen molar-refractivity contribution in [1.82, 2.24) is 15.3 Å². The first-order chi connectivity index (χ1) is 9.83. The zero-order chi connectivity index (χ0) is 13.8. The summed E-state index contributed by atoms with van der Waals surface area (Å²) in [5.41, 5.74) is 0. The number of hydrogen-bond acceptors (Lipinski definition) is 5. The number of carbonyl (C=O) groups is 1. The highest BCUT2D eigenvalue weighted by molar-refractivity contribution is 5.79. The van der Waals surface area contributed by atoms with E-state index < -0.39 is 0 Å². The van der Waals surface area contributed by atoms with Gasteiger partial charge in [-0.25, -0.2) is 4.98 Å². The fourth-order valence-electron chi connectivity index (χ4n) is 2.77. The summed E-state index contributed by atoms with van der Waals surface area (Å²) in [5.74, 6) is 1.12. The SMILES string of the molecule is O=C(NC1CCN(c2cnccn2)CC1)C1CCOC1. The highest BCUT2D eigenvalue weighted by atomic mass is 16.5. The molecule has 1 atom stereocenters. The zero-order valence-corrected chi connectivity index (χ0v) is 11.5. The van der Waals surface area contributed by atoms with E-state index >= 15 is 0 Å². The molecule has 2 fully saturated rings. The molecule has 1 aromatic rings. The number of carbonyl (C=O) groups excluding carboxylic acids is 1. The number of nitrogens with one attached hydrogen (secondary N) is 1. The molecule has 3 heterocycles. The van der Waals surface area contributed by atoms with Crippen molar-refractivity contribution in [2.75, 3.05) is 31.2 Å². The molecule has 1 amide bonds. The third-order valence-corrected chi connectivity index (χ3v) is 4.02. The smallest absolute Gasteiger partial charge is 0.225 e. The topological polar surface area (TPSA) is 67.4 Å². The van der Waals surface area contributed by atoms with Gasteiger partial charge < -0.3 is 15.0 Å². The van der Waals surface area contributed by atoms with Crippen LogP contribution in [0.3, 0.4) is 0 Å². The first-order valence-corrected chi connectivity index (χ1v) is 7.22. The number of rotatable bonds is 3. The second-order valence-corrected chi connectivity index (χ2v) is 5.39. The average molecular weight is 276 g/mol. The number of ether oxygens (including phenoxy) is 1. The fraction of sp³-hybridized carbons (Fsp3) is 0.643. The third kappa shape index (κ3) is 3.07. The average Bonchev–Trinajstić information content (AvgIpc) is 3.03. The van der Waals surface area contributed by atoms with Crippen molar-refractivity contribution in [3.05, 3.63) is 18.6 Å². The largest absolute Gasteiger partial charge is 0.381 e. The van der Waals surface area contributed by atoms with E-state index in [1.54, 1.807) is 18.6 Å². The number of hydrogen-bond donors (Lipinski definition) is 1. The first kappa shape index (κ1) is 13.3. The summed E-state index contributed by atoms with van der Waals surface area (Å²) in [7, 11) is 0. The van der Waals surface area contributed by atoms with Crippen LogP contribution in [0.4, 0.5) is 5.82 Å². The summed E-state index contributed by atoms with van der Waals surface area (Å²) in [6, 6.07) is 0.274. The van der Waals surface area contributed by atoms with Crippen LogP contribution in [0.15, 0.2) is 18.6 Å². The van der Waals surface area contributed by atoms with Gasteiger partial charge in [0.15, 0.2) is 0 Å². The van der Waals surface area contributed by atoms with Gasteiger partial charge in [0.25, 0.3) is 0 Å². The number of nitrogens with zero attached hydrogens (tertiary/aromatic N) is 3. The van der Waals surface area contributed by atoms with Crippen molar-refractivity contribution in [1.29, 1.82) is 0 Å². The summed E-state index contributed by atoms with van der Waals surface area (Å²) in [4.78, 5) is 22.7. The molecule has 0 radical (unpaired) electrons. The molecule has 6 nitrogen and oxygen atoms in total. The minimum Gasteiger partial charge on any atom is -0.381 e. The van der Waals surface area contributed by atoms with E-state index in [0.29, 0.717) is 13.2 Å². The van der Waals surface area contributed by atoms with Crippen LogP contribution in [-0.4, -0.2) is 48.2 Å². The molecule has 1 unspecified atom stereocenters. The minimum atomic E-state index is 0.0491. The number of aromatic nitrogens is 2. The van der Waals surface area contributed by atoms with Crippen molar-refractivity contribution in [3.8, 4) is 0 Å². The predicted molar refractivity (Wildman–Crippen MR) is 74.3 cm³/mol. The first-order valence-electron chi connectivity index (χ1n) is 7.22. The van der Waals surface area contributed by atoms with Crippen LogP contribution < -0.4 is 10.2 Å². The van der Waals surface area contributed by atoms with Crippen LogP contribution >= 0.6 is 0 Å². The molecule has 1 aromatic heterocycles. The second-order valence-electron chi connectivity index (χ2n) is 5.39. The molecule has 0 bridgehead atoms. The van der Waals surface area contributed by atoms with Crippen molar-refractivity contribution < 1.29 is 9.53 Å². The fourth-order valence-corrected chi connectivity index (χ4v) is 2.77. The number of anilines is 1. The minimum absolute atomic E-state index is 0.0491. The molecule has 20 heavy (non-hydrogen) atoms. The van der Waals surface area contributed by atoms with Crippen LogP contribution in [0.25, 0.3) is 0 Å². The molecular formula is C14H20N4O2. The van der Waals surface area contributed by atoms with Gasteiger partial charge in [0.2, 0.25) is 5.91 Å². The highest BCUT2D eigenvalue weighted by Crippen LogP contribution is 2.18. The van der Waals surface area contributed by atoms with Gasteiger partial charge in [-0.15, -0.1) is 0 Å². The molecular weight excluding hydrogens is 256 g/mol. The van der Waals surface area contributed by atoms with Gasteiger partial charge in [-0.05, 0) is 19.3 Å². The highest BCUT2D eigenvalue weighted by Gasteiger charge is 2.27. The molecule has 0 aromatic carbocycles. The number of piperidine rings is 1. The lowest BCUT2D eigenvalue weighted by Crippen LogP contribution is -2.46. The van der Waals surface area contributed by atoms with Crippen LogP contribution in [0.1, 0.15) is 19.3 Å². The number of amides is 1. The lowest BCUT2D eigenvalue weighted by Gasteiger charge is -2.33. The standard InChI is InChI=1S/C14H20N4O2/c19-14(11-3-8-20-10-11)17-12-1-6-18(7-2-12)13-9-15-4-5-16-13/h4-5,9,11-12H,1-3,6-8,10H2,(H,17,19).